The van der Waals surface area contributed by atoms with Crippen LogP contribution in [0.1, 0.15) is 11.1 Å². The van der Waals surface area contributed by atoms with E-state index in [-0.39, 0.29) is 4.91 Å². The molecule has 0 unspecified atom stereocenters. The van der Waals surface area contributed by atoms with E-state index in [1.54, 1.807) is 18.2 Å². The number of hydrogen-bond acceptors (Lipinski definition) is 4. The number of hydrogen-bond donors (Lipinski definition) is 2. The van der Waals surface area contributed by atoms with Gasteiger partial charge >= 0.3 is 5.97 Å². The Hall–Kier alpha value is -4.33. The molecule has 0 spiro atoms. The third-order valence-corrected chi connectivity index (χ3v) is 7.45. The van der Waals surface area contributed by atoms with E-state index in [1.807, 2.05) is 48.7 Å². The van der Waals surface area contributed by atoms with E-state index in [0.29, 0.717) is 22.5 Å². The molecule has 0 aliphatic carbocycles. The molecule has 38 heavy (non-hydrogen) atoms. The Morgan fingerprint density at radius 2 is 1.68 bits per heavy atom. The van der Waals surface area contributed by atoms with Crippen LogP contribution in [0.3, 0.4) is 0 Å². The van der Waals surface area contributed by atoms with Crippen molar-refractivity contribution >= 4 is 57.1 Å². The smallest absolute Gasteiger partial charge is 0.342 e. The molecule has 2 aromatic heterocycles. The Morgan fingerprint density at radius 1 is 0.947 bits per heavy atom. The van der Waals surface area contributed by atoms with E-state index in [9.17, 15) is 9.90 Å². The number of halogens is 1. The van der Waals surface area contributed by atoms with Crippen LogP contribution < -0.4 is 0 Å². The number of carbonyl (C=O) groups is 1. The predicted molar refractivity (Wildman–Crippen MR) is 153 cm³/mol. The fourth-order valence-electron chi connectivity index (χ4n) is 4.54. The Morgan fingerprint density at radius 3 is 2.50 bits per heavy atom. The average molecular weight is 537 g/mol. The number of fused-ring (bicyclic) bond motifs is 2. The van der Waals surface area contributed by atoms with Crippen molar-refractivity contribution < 1.29 is 9.90 Å². The first-order chi connectivity index (χ1) is 18.5. The van der Waals surface area contributed by atoms with Gasteiger partial charge in [-0.25, -0.2) is 9.78 Å². The van der Waals surface area contributed by atoms with Crippen LogP contribution in [0.5, 0.6) is 0 Å². The highest BCUT2D eigenvalue weighted by Crippen LogP contribution is 2.31. The number of carboxylic acid groups (broad SMARTS) is 1. The van der Waals surface area contributed by atoms with Gasteiger partial charge in [-0.1, -0.05) is 72.3 Å². The lowest BCUT2D eigenvalue weighted by atomic mass is 10.0. The molecule has 6 rings (SSSR count). The number of aromatic nitrogens is 4. The molecule has 4 aromatic carbocycles. The maximum atomic E-state index is 12.2. The number of rotatable bonds is 7. The summed E-state index contributed by atoms with van der Waals surface area (Å²) < 4.78 is 2.17. The van der Waals surface area contributed by atoms with E-state index in [4.69, 9.17) is 11.6 Å². The zero-order valence-corrected chi connectivity index (χ0v) is 21.6. The van der Waals surface area contributed by atoms with Gasteiger partial charge in [0.05, 0.1) is 0 Å². The predicted octanol–water partition coefficient (Wildman–Crippen LogP) is 7.50. The maximum Gasteiger partial charge on any atom is 0.342 e. The van der Waals surface area contributed by atoms with Crippen molar-refractivity contribution in [2.45, 2.75) is 11.7 Å². The highest BCUT2D eigenvalue weighted by atomic mass is 35.5. The van der Waals surface area contributed by atoms with Crippen molar-refractivity contribution in [3.05, 3.63) is 118 Å². The third kappa shape index (κ3) is 4.81. The minimum atomic E-state index is -1.04. The van der Waals surface area contributed by atoms with Crippen LogP contribution in [0, 0.1) is 0 Å². The van der Waals surface area contributed by atoms with E-state index in [2.05, 4.69) is 56.1 Å². The summed E-state index contributed by atoms with van der Waals surface area (Å²) >= 11 is 6.98. The van der Waals surface area contributed by atoms with Crippen LogP contribution in [0.25, 0.3) is 39.1 Å². The largest absolute Gasteiger partial charge is 0.477 e. The number of aliphatic carboxylic acids is 1. The second kappa shape index (κ2) is 10.2. The molecule has 0 fully saturated rings. The molecule has 2 N–H and O–H groups in total. The molecule has 0 saturated heterocycles. The highest BCUT2D eigenvalue weighted by molar-refractivity contribution is 8.04. The van der Waals surface area contributed by atoms with E-state index >= 15 is 0 Å². The summed E-state index contributed by atoms with van der Waals surface area (Å²) in [6, 6.07) is 29.8. The molecular weight excluding hydrogens is 516 g/mol. The Bertz CT molecular complexity index is 1820. The van der Waals surface area contributed by atoms with Crippen LogP contribution in [0.4, 0.5) is 0 Å². The number of thioether (sulfide) groups is 1. The first kappa shape index (κ1) is 24.0. The minimum absolute atomic E-state index is 0.125. The topological polar surface area (TPSA) is 83.8 Å². The van der Waals surface area contributed by atoms with Crippen LogP contribution in [0.15, 0.2) is 107 Å². The summed E-state index contributed by atoms with van der Waals surface area (Å²) in [5.74, 6) is -0.501. The van der Waals surface area contributed by atoms with E-state index in [0.717, 1.165) is 33.8 Å². The summed E-state index contributed by atoms with van der Waals surface area (Å²) in [5.41, 5.74) is 3.86. The summed E-state index contributed by atoms with van der Waals surface area (Å²) in [4.78, 5) is 16.8. The molecule has 0 saturated carbocycles. The summed E-state index contributed by atoms with van der Waals surface area (Å²) in [7, 11) is 0. The molecule has 0 aliphatic heterocycles. The van der Waals surface area contributed by atoms with Crippen LogP contribution >= 0.6 is 23.4 Å². The van der Waals surface area contributed by atoms with Gasteiger partial charge in [-0.3, -0.25) is 5.10 Å². The average Bonchev–Trinajstić information content (AvgIpc) is 3.54. The van der Waals surface area contributed by atoms with Gasteiger partial charge in [0.2, 0.25) is 5.16 Å². The van der Waals surface area contributed by atoms with Crippen molar-refractivity contribution in [2.75, 3.05) is 0 Å². The van der Waals surface area contributed by atoms with Crippen molar-refractivity contribution in [3.8, 4) is 11.4 Å². The fourth-order valence-corrected chi connectivity index (χ4v) is 5.36. The van der Waals surface area contributed by atoms with Gasteiger partial charge in [-0.2, -0.15) is 0 Å². The summed E-state index contributed by atoms with van der Waals surface area (Å²) in [6.07, 6.45) is 3.69. The van der Waals surface area contributed by atoms with E-state index < -0.39 is 5.97 Å². The molecule has 2 heterocycles. The third-order valence-electron chi connectivity index (χ3n) is 6.32. The second-order valence-corrected chi connectivity index (χ2v) is 10.2. The van der Waals surface area contributed by atoms with Crippen LogP contribution in [0.2, 0.25) is 5.02 Å². The zero-order valence-electron chi connectivity index (χ0n) is 20.0. The Kier molecular flexibility index (Phi) is 6.45. The number of aromatic amines is 1. The molecule has 8 heteroatoms. The molecule has 186 valence electrons. The highest BCUT2D eigenvalue weighted by Gasteiger charge is 2.17. The molecule has 0 radical (unpaired) electrons. The number of benzene rings is 4. The summed E-state index contributed by atoms with van der Waals surface area (Å²) in [5, 5.41) is 21.4. The first-order valence-electron chi connectivity index (χ1n) is 11.9. The molecule has 0 aliphatic rings. The lowest BCUT2D eigenvalue weighted by Gasteiger charge is -2.09. The number of carboxylic acids is 1. The number of nitrogens with zero attached hydrogens (tertiary/aromatic N) is 3. The Balaban J connectivity index is 1.35. The Labute approximate surface area is 227 Å². The summed E-state index contributed by atoms with van der Waals surface area (Å²) in [6.45, 7) is 0.663. The van der Waals surface area contributed by atoms with Gasteiger partial charge in [0.1, 0.15) is 4.91 Å². The van der Waals surface area contributed by atoms with E-state index in [1.165, 1.54) is 16.3 Å². The fraction of sp³-hybridized carbons (Fsp3) is 0.0333. The van der Waals surface area contributed by atoms with Crippen LogP contribution in [-0.2, 0) is 11.3 Å². The van der Waals surface area contributed by atoms with Gasteiger partial charge < -0.3 is 9.67 Å². The van der Waals surface area contributed by atoms with Gasteiger partial charge in [-0.15, -0.1) is 5.10 Å². The van der Waals surface area contributed by atoms with Crippen molar-refractivity contribution in [1.29, 1.82) is 0 Å². The monoisotopic (exact) mass is 536 g/mol. The number of H-pyrrole nitrogens is 1. The molecular formula is C30H21ClN4O2S. The lowest BCUT2D eigenvalue weighted by molar-refractivity contribution is -0.131. The lowest BCUT2D eigenvalue weighted by Crippen LogP contribution is -1.99. The minimum Gasteiger partial charge on any atom is -0.477 e. The second-order valence-electron chi connectivity index (χ2n) is 8.76. The normalized spacial score (nSPS) is 11.9. The van der Waals surface area contributed by atoms with Gasteiger partial charge in [-0.05, 0) is 64.5 Å². The number of nitrogens with one attached hydrogen (secondary N) is 1. The van der Waals surface area contributed by atoms with Gasteiger partial charge in [0, 0.05) is 39.8 Å². The molecule has 6 aromatic rings. The van der Waals surface area contributed by atoms with Gasteiger partial charge in [0.25, 0.3) is 0 Å². The molecule has 0 amide bonds. The zero-order chi connectivity index (χ0) is 26.1. The molecule has 0 bridgehead atoms. The quantitative estimate of drug-likeness (QED) is 0.163. The van der Waals surface area contributed by atoms with Crippen molar-refractivity contribution in [2.24, 2.45) is 0 Å². The number of para-hydroxylation sites is 1. The maximum absolute atomic E-state index is 12.2. The van der Waals surface area contributed by atoms with Crippen LogP contribution in [-0.4, -0.2) is 30.8 Å². The standard InChI is InChI=1S/C30H21ClN4O2S/c31-23-14-12-20(13-15-23)28-32-30(34-33-28)38-27(29(36)37)16-22-18-35(26-11-4-3-10-25(22)26)17-21-8-5-7-19-6-1-2-9-24(19)21/h1-16,18H,17H2,(H,36,37)(H,32,33,34)/b27-16-. The SMILES string of the molecule is O=C(O)/C(=C/c1cn(Cc2cccc3ccccc23)c2ccccc12)Sc1n[nH]c(-c2ccc(Cl)cc2)n1. The molecule has 0 atom stereocenters. The van der Waals surface area contributed by atoms with Crippen molar-refractivity contribution in [1.82, 2.24) is 19.7 Å². The molecule has 6 nitrogen and oxygen atoms in total. The first-order valence-corrected chi connectivity index (χ1v) is 13.1. The van der Waals surface area contributed by atoms with Gasteiger partial charge in [0.15, 0.2) is 5.82 Å². The van der Waals surface area contributed by atoms with Crippen molar-refractivity contribution in [3.63, 3.8) is 0 Å².